The molecule has 0 radical (unpaired) electrons. The number of thiophene rings is 1. The Morgan fingerprint density at radius 2 is 2.36 bits per heavy atom. The SMILES string of the molecule is O=C(CCl)Nc1ccc(Cl)s1. The molecule has 11 heavy (non-hydrogen) atoms. The van der Waals surface area contributed by atoms with Gasteiger partial charge in [-0.3, -0.25) is 4.79 Å². The molecule has 5 heteroatoms. The van der Waals surface area contributed by atoms with Gasteiger partial charge in [-0.1, -0.05) is 11.6 Å². The molecule has 1 aromatic heterocycles. The van der Waals surface area contributed by atoms with Gasteiger partial charge in [0.25, 0.3) is 0 Å². The fourth-order valence-electron chi connectivity index (χ4n) is 0.552. The third kappa shape index (κ3) is 2.69. The first-order valence-electron chi connectivity index (χ1n) is 2.83. The standard InChI is InChI=1S/C6H5Cl2NOS/c7-3-5(10)9-6-2-1-4(8)11-6/h1-2H,3H2,(H,9,10). The monoisotopic (exact) mass is 209 g/mol. The molecule has 0 atom stereocenters. The summed E-state index contributed by atoms with van der Waals surface area (Å²) in [7, 11) is 0. The number of amides is 1. The minimum atomic E-state index is -0.217. The summed E-state index contributed by atoms with van der Waals surface area (Å²) in [6.45, 7) is 0. The summed E-state index contributed by atoms with van der Waals surface area (Å²) in [5.74, 6) is -0.250. The highest BCUT2D eigenvalue weighted by Gasteiger charge is 2.01. The number of nitrogens with one attached hydrogen (secondary N) is 1. The van der Waals surface area contributed by atoms with Gasteiger partial charge in [0, 0.05) is 0 Å². The van der Waals surface area contributed by atoms with Crippen molar-refractivity contribution in [3.8, 4) is 0 Å². The molecule has 0 aliphatic heterocycles. The summed E-state index contributed by atoms with van der Waals surface area (Å²) in [6.07, 6.45) is 0. The molecule has 1 amide bonds. The fourth-order valence-corrected chi connectivity index (χ4v) is 1.58. The van der Waals surface area contributed by atoms with Gasteiger partial charge < -0.3 is 5.32 Å². The zero-order valence-electron chi connectivity index (χ0n) is 5.43. The molecule has 1 N–H and O–H groups in total. The van der Waals surface area contributed by atoms with Crippen molar-refractivity contribution in [1.29, 1.82) is 0 Å². The number of rotatable bonds is 2. The van der Waals surface area contributed by atoms with Crippen molar-refractivity contribution in [2.45, 2.75) is 0 Å². The number of carbonyl (C=O) groups is 1. The van der Waals surface area contributed by atoms with Crippen LogP contribution < -0.4 is 5.32 Å². The van der Waals surface area contributed by atoms with E-state index in [4.69, 9.17) is 23.2 Å². The Labute approximate surface area is 78.1 Å². The van der Waals surface area contributed by atoms with E-state index in [9.17, 15) is 4.79 Å². The number of alkyl halides is 1. The van der Waals surface area contributed by atoms with Crippen LogP contribution in [-0.4, -0.2) is 11.8 Å². The van der Waals surface area contributed by atoms with Gasteiger partial charge >= 0.3 is 0 Å². The van der Waals surface area contributed by atoms with Crippen molar-refractivity contribution in [2.24, 2.45) is 0 Å². The molecule has 0 unspecified atom stereocenters. The van der Waals surface area contributed by atoms with Crippen molar-refractivity contribution in [3.63, 3.8) is 0 Å². The van der Waals surface area contributed by atoms with Crippen LogP contribution in [0.15, 0.2) is 12.1 Å². The lowest BCUT2D eigenvalue weighted by atomic mass is 10.6. The Morgan fingerprint density at radius 1 is 1.64 bits per heavy atom. The van der Waals surface area contributed by atoms with Gasteiger partial charge in [0.2, 0.25) is 5.91 Å². The summed E-state index contributed by atoms with van der Waals surface area (Å²) in [4.78, 5) is 10.7. The first kappa shape index (κ1) is 8.84. The molecule has 0 saturated heterocycles. The third-order valence-corrected chi connectivity index (χ3v) is 2.35. The molecule has 60 valence electrons. The van der Waals surface area contributed by atoms with E-state index in [-0.39, 0.29) is 11.8 Å². The highest BCUT2D eigenvalue weighted by atomic mass is 35.5. The van der Waals surface area contributed by atoms with Crippen LogP contribution >= 0.6 is 34.5 Å². The molecule has 0 aliphatic rings. The molecular formula is C6H5Cl2NOS. The van der Waals surface area contributed by atoms with Crippen LogP contribution in [0.5, 0.6) is 0 Å². The zero-order valence-corrected chi connectivity index (χ0v) is 7.76. The molecule has 1 heterocycles. The quantitative estimate of drug-likeness (QED) is 0.746. The van der Waals surface area contributed by atoms with E-state index in [1.807, 2.05) is 0 Å². The van der Waals surface area contributed by atoms with Crippen LogP contribution in [0.25, 0.3) is 0 Å². The van der Waals surface area contributed by atoms with Gasteiger partial charge in [-0.15, -0.1) is 22.9 Å². The summed E-state index contributed by atoms with van der Waals surface area (Å²) in [5, 5.41) is 3.30. The zero-order chi connectivity index (χ0) is 8.27. The summed E-state index contributed by atoms with van der Waals surface area (Å²) in [5.41, 5.74) is 0. The Hall–Kier alpha value is -0.250. The molecule has 1 aromatic rings. The second-order valence-electron chi connectivity index (χ2n) is 1.79. The fraction of sp³-hybridized carbons (Fsp3) is 0.167. The molecule has 0 bridgehead atoms. The Balaban J connectivity index is 2.57. The molecule has 0 fully saturated rings. The van der Waals surface area contributed by atoms with Gasteiger partial charge in [0.05, 0.1) is 9.34 Å². The maximum atomic E-state index is 10.7. The molecular weight excluding hydrogens is 205 g/mol. The first-order valence-corrected chi connectivity index (χ1v) is 4.56. The first-order chi connectivity index (χ1) is 5.22. The van der Waals surface area contributed by atoms with E-state index in [0.29, 0.717) is 4.34 Å². The summed E-state index contributed by atoms with van der Waals surface area (Å²) >= 11 is 12.2. The van der Waals surface area contributed by atoms with Crippen LogP contribution in [0.2, 0.25) is 4.34 Å². The largest absolute Gasteiger partial charge is 0.317 e. The van der Waals surface area contributed by atoms with E-state index < -0.39 is 0 Å². The number of hydrogen-bond acceptors (Lipinski definition) is 2. The van der Waals surface area contributed by atoms with Gasteiger partial charge in [-0.05, 0) is 12.1 Å². The highest BCUT2D eigenvalue weighted by molar-refractivity contribution is 7.20. The van der Waals surface area contributed by atoms with Crippen LogP contribution in [0, 0.1) is 0 Å². The Bertz CT molecular complexity index is 261. The average molecular weight is 210 g/mol. The Morgan fingerprint density at radius 3 is 2.82 bits per heavy atom. The minimum absolute atomic E-state index is 0.0322. The van der Waals surface area contributed by atoms with Gasteiger partial charge in [0.1, 0.15) is 5.88 Å². The van der Waals surface area contributed by atoms with Crippen LogP contribution in [0.4, 0.5) is 5.00 Å². The van der Waals surface area contributed by atoms with E-state index >= 15 is 0 Å². The average Bonchev–Trinajstić information content (AvgIpc) is 2.35. The van der Waals surface area contributed by atoms with Crippen molar-refractivity contribution in [3.05, 3.63) is 16.5 Å². The molecule has 0 aliphatic carbocycles. The Kier molecular flexibility index (Phi) is 3.17. The normalized spacial score (nSPS) is 9.64. The van der Waals surface area contributed by atoms with Crippen molar-refractivity contribution >= 4 is 45.4 Å². The lowest BCUT2D eigenvalue weighted by Gasteiger charge is -1.95. The second-order valence-corrected chi connectivity index (χ2v) is 3.77. The second kappa shape index (κ2) is 3.95. The van der Waals surface area contributed by atoms with E-state index in [1.54, 1.807) is 12.1 Å². The third-order valence-electron chi connectivity index (χ3n) is 0.957. The van der Waals surface area contributed by atoms with Crippen molar-refractivity contribution in [1.82, 2.24) is 0 Å². The molecule has 0 spiro atoms. The maximum Gasteiger partial charge on any atom is 0.239 e. The topological polar surface area (TPSA) is 29.1 Å². The maximum absolute atomic E-state index is 10.7. The number of hydrogen-bond donors (Lipinski definition) is 1. The lowest BCUT2D eigenvalue weighted by Crippen LogP contribution is -2.11. The summed E-state index contributed by atoms with van der Waals surface area (Å²) in [6, 6.07) is 3.45. The van der Waals surface area contributed by atoms with Crippen LogP contribution in [-0.2, 0) is 4.79 Å². The number of anilines is 1. The van der Waals surface area contributed by atoms with Crippen molar-refractivity contribution in [2.75, 3.05) is 11.2 Å². The smallest absolute Gasteiger partial charge is 0.239 e. The molecule has 0 saturated carbocycles. The predicted octanol–water partition coefficient (Wildman–Crippen LogP) is 2.58. The van der Waals surface area contributed by atoms with Gasteiger partial charge in [-0.25, -0.2) is 0 Å². The van der Waals surface area contributed by atoms with Crippen LogP contribution in [0.1, 0.15) is 0 Å². The van der Waals surface area contributed by atoms with Crippen molar-refractivity contribution < 1.29 is 4.79 Å². The highest BCUT2D eigenvalue weighted by Crippen LogP contribution is 2.25. The van der Waals surface area contributed by atoms with E-state index in [2.05, 4.69) is 5.32 Å². The minimum Gasteiger partial charge on any atom is -0.317 e. The lowest BCUT2D eigenvalue weighted by molar-refractivity contribution is -0.113. The number of carbonyl (C=O) groups excluding carboxylic acids is 1. The molecule has 0 aromatic carbocycles. The summed E-state index contributed by atoms with van der Waals surface area (Å²) < 4.78 is 0.648. The molecule has 2 nitrogen and oxygen atoms in total. The molecule has 1 rings (SSSR count). The number of halogens is 2. The van der Waals surface area contributed by atoms with E-state index in [0.717, 1.165) is 5.00 Å². The van der Waals surface area contributed by atoms with E-state index in [1.165, 1.54) is 11.3 Å². The predicted molar refractivity (Wildman–Crippen MR) is 48.7 cm³/mol. The van der Waals surface area contributed by atoms with Gasteiger partial charge in [-0.2, -0.15) is 0 Å². The van der Waals surface area contributed by atoms with Crippen LogP contribution in [0.3, 0.4) is 0 Å². The van der Waals surface area contributed by atoms with Gasteiger partial charge in [0.15, 0.2) is 0 Å².